The number of benzene rings is 2. The number of alkyl halides is 3. The third-order valence-electron chi connectivity index (χ3n) is 5.68. The third kappa shape index (κ3) is 3.05. The van der Waals surface area contributed by atoms with Gasteiger partial charge in [-0.2, -0.15) is 18.4 Å². The van der Waals surface area contributed by atoms with Gasteiger partial charge in [-0.25, -0.2) is 4.98 Å². The maximum Gasteiger partial charge on any atom is 0.416 e. The molecule has 2 aromatic carbocycles. The summed E-state index contributed by atoms with van der Waals surface area (Å²) < 4.78 is 42.7. The lowest BCUT2D eigenvalue weighted by Gasteiger charge is -2.26. The molecule has 0 amide bonds. The van der Waals surface area contributed by atoms with Crippen molar-refractivity contribution in [1.29, 1.82) is 5.26 Å². The largest absolute Gasteiger partial charge is 0.416 e. The van der Waals surface area contributed by atoms with Crippen molar-refractivity contribution in [2.24, 2.45) is 0 Å². The summed E-state index contributed by atoms with van der Waals surface area (Å²) in [7, 11) is 0. The van der Waals surface area contributed by atoms with Crippen LogP contribution in [0.2, 0.25) is 0 Å². The van der Waals surface area contributed by atoms with Crippen LogP contribution in [0.3, 0.4) is 0 Å². The van der Waals surface area contributed by atoms with Crippen LogP contribution in [-0.4, -0.2) is 14.5 Å². The van der Waals surface area contributed by atoms with Gasteiger partial charge in [-0.05, 0) is 48.7 Å². The molecule has 0 aliphatic carbocycles. The van der Waals surface area contributed by atoms with E-state index in [1.807, 2.05) is 22.9 Å². The molecule has 0 bridgehead atoms. The van der Waals surface area contributed by atoms with Gasteiger partial charge in [-0.3, -0.25) is 0 Å². The van der Waals surface area contributed by atoms with Gasteiger partial charge in [0.05, 0.1) is 22.9 Å². The van der Waals surface area contributed by atoms with E-state index in [0.29, 0.717) is 23.5 Å². The number of hydrogen-bond acceptors (Lipinski definition) is 2. The fourth-order valence-corrected chi connectivity index (χ4v) is 4.31. The summed E-state index contributed by atoms with van der Waals surface area (Å²) in [5, 5.41) is 9.99. The molecule has 0 saturated carbocycles. The first kappa shape index (κ1) is 18.5. The van der Waals surface area contributed by atoms with E-state index in [0.717, 1.165) is 35.6 Å². The zero-order chi connectivity index (χ0) is 20.9. The van der Waals surface area contributed by atoms with Crippen LogP contribution in [0.25, 0.3) is 22.3 Å². The number of hydrogen-bond donors (Lipinski definition) is 1. The van der Waals surface area contributed by atoms with Gasteiger partial charge in [-0.1, -0.05) is 18.2 Å². The Morgan fingerprint density at radius 2 is 1.97 bits per heavy atom. The molecule has 0 saturated heterocycles. The first-order chi connectivity index (χ1) is 14.4. The number of rotatable bonds is 2. The number of fused-ring (bicyclic) bond motifs is 2. The molecule has 0 fully saturated rings. The Kier molecular flexibility index (Phi) is 4.17. The third-order valence-corrected chi connectivity index (χ3v) is 5.68. The second-order valence-electron chi connectivity index (χ2n) is 7.55. The summed E-state index contributed by atoms with van der Waals surface area (Å²) in [4.78, 5) is 8.04. The lowest BCUT2D eigenvalue weighted by Crippen LogP contribution is -2.20. The highest BCUT2D eigenvalue weighted by Crippen LogP contribution is 2.41. The zero-order valence-electron chi connectivity index (χ0n) is 15.9. The van der Waals surface area contributed by atoms with Crippen molar-refractivity contribution in [2.45, 2.75) is 31.5 Å². The molecular formula is C23H17F3N4. The van der Waals surface area contributed by atoms with Crippen molar-refractivity contribution in [3.63, 3.8) is 0 Å². The Bertz CT molecular complexity index is 1290. The maximum atomic E-state index is 13.6. The highest BCUT2D eigenvalue weighted by Gasteiger charge is 2.37. The van der Waals surface area contributed by atoms with E-state index < -0.39 is 17.7 Å². The van der Waals surface area contributed by atoms with E-state index in [2.05, 4.69) is 11.1 Å². The molecule has 1 atom stereocenters. The van der Waals surface area contributed by atoms with Crippen LogP contribution in [0.4, 0.5) is 13.2 Å². The quantitative estimate of drug-likeness (QED) is 0.454. The van der Waals surface area contributed by atoms with Crippen molar-refractivity contribution in [3.8, 4) is 17.5 Å². The lowest BCUT2D eigenvalue weighted by molar-refractivity contribution is -0.138. The SMILES string of the molecule is N#Cc1ccc2[nH]c(-c3cn4c(n3)C(c3ccccc3C(F)(F)F)CCC4)cc2c1. The molecule has 4 nitrogen and oxygen atoms in total. The number of H-pyrrole nitrogens is 1. The molecule has 30 heavy (non-hydrogen) atoms. The first-order valence-corrected chi connectivity index (χ1v) is 9.70. The molecule has 1 aliphatic heterocycles. The normalized spacial score (nSPS) is 16.4. The van der Waals surface area contributed by atoms with E-state index >= 15 is 0 Å². The van der Waals surface area contributed by atoms with Gasteiger partial charge in [0.15, 0.2) is 0 Å². The number of halogens is 3. The van der Waals surface area contributed by atoms with Crippen LogP contribution in [0, 0.1) is 11.3 Å². The highest BCUT2D eigenvalue weighted by molar-refractivity contribution is 5.86. The average Bonchev–Trinajstić information content (AvgIpc) is 3.36. The van der Waals surface area contributed by atoms with Crippen LogP contribution in [0.15, 0.2) is 54.7 Å². The number of imidazole rings is 1. The van der Waals surface area contributed by atoms with Crippen molar-refractivity contribution >= 4 is 10.9 Å². The van der Waals surface area contributed by atoms with E-state index in [9.17, 15) is 13.2 Å². The number of nitrogens with one attached hydrogen (secondary N) is 1. The molecule has 0 radical (unpaired) electrons. The molecule has 7 heteroatoms. The first-order valence-electron chi connectivity index (χ1n) is 9.70. The van der Waals surface area contributed by atoms with E-state index in [4.69, 9.17) is 10.2 Å². The Labute approximate surface area is 170 Å². The zero-order valence-corrected chi connectivity index (χ0v) is 15.9. The van der Waals surface area contributed by atoms with E-state index in [1.54, 1.807) is 24.3 Å². The van der Waals surface area contributed by atoms with Gasteiger partial charge in [0, 0.05) is 29.6 Å². The van der Waals surface area contributed by atoms with Crippen molar-refractivity contribution in [3.05, 3.63) is 77.2 Å². The van der Waals surface area contributed by atoms with Gasteiger partial charge in [0.1, 0.15) is 11.5 Å². The minimum atomic E-state index is -4.40. The van der Waals surface area contributed by atoms with Gasteiger partial charge in [-0.15, -0.1) is 0 Å². The van der Waals surface area contributed by atoms with Crippen molar-refractivity contribution in [1.82, 2.24) is 14.5 Å². The molecule has 5 rings (SSSR count). The van der Waals surface area contributed by atoms with Crippen LogP contribution in [-0.2, 0) is 12.7 Å². The Morgan fingerprint density at radius 3 is 2.77 bits per heavy atom. The molecule has 1 aliphatic rings. The van der Waals surface area contributed by atoms with Crippen LogP contribution >= 0.6 is 0 Å². The molecular weight excluding hydrogens is 389 g/mol. The molecule has 2 aromatic heterocycles. The summed E-state index contributed by atoms with van der Waals surface area (Å²) in [6, 6.07) is 15.2. The van der Waals surface area contributed by atoms with Gasteiger partial charge in [0.25, 0.3) is 0 Å². The monoisotopic (exact) mass is 406 g/mol. The van der Waals surface area contributed by atoms with Gasteiger partial charge >= 0.3 is 6.18 Å². The fourth-order valence-electron chi connectivity index (χ4n) is 4.31. The molecule has 0 spiro atoms. The molecule has 1 unspecified atom stereocenters. The molecule has 1 N–H and O–H groups in total. The maximum absolute atomic E-state index is 13.6. The van der Waals surface area contributed by atoms with Crippen LogP contribution in [0.1, 0.15) is 41.3 Å². The summed E-state index contributed by atoms with van der Waals surface area (Å²) in [5.74, 6) is 0.254. The highest BCUT2D eigenvalue weighted by atomic mass is 19.4. The number of nitriles is 1. The Morgan fingerprint density at radius 1 is 1.13 bits per heavy atom. The smallest absolute Gasteiger partial charge is 0.353 e. The number of aromatic amines is 1. The Hall–Kier alpha value is -3.53. The summed E-state index contributed by atoms with van der Waals surface area (Å²) in [6.45, 7) is 0.728. The molecule has 150 valence electrons. The van der Waals surface area contributed by atoms with Crippen LogP contribution in [0.5, 0.6) is 0 Å². The summed E-state index contributed by atoms with van der Waals surface area (Å²) in [6.07, 6.45) is -1.09. The topological polar surface area (TPSA) is 57.4 Å². The second kappa shape index (κ2) is 6.77. The van der Waals surface area contributed by atoms with E-state index in [-0.39, 0.29) is 5.56 Å². The fraction of sp³-hybridized carbons (Fsp3) is 0.217. The molecule has 4 aromatic rings. The predicted octanol–water partition coefficient (Wildman–Crippen LogP) is 5.85. The lowest BCUT2D eigenvalue weighted by atomic mass is 9.87. The average molecular weight is 406 g/mol. The number of nitrogens with zero attached hydrogens (tertiary/aromatic N) is 3. The number of aromatic nitrogens is 3. The van der Waals surface area contributed by atoms with Crippen LogP contribution < -0.4 is 0 Å². The standard InChI is InChI=1S/C23H17F3N4/c24-23(25,26)18-6-2-1-4-16(18)17-5-3-9-30-13-21(29-22(17)30)20-11-15-10-14(12-27)7-8-19(15)28-20/h1-2,4,6-8,10-11,13,17,28H,3,5,9H2. The minimum absolute atomic E-state index is 0.276. The van der Waals surface area contributed by atoms with E-state index in [1.165, 1.54) is 6.07 Å². The summed E-state index contributed by atoms with van der Waals surface area (Å²) >= 11 is 0. The number of aryl methyl sites for hydroxylation is 1. The second-order valence-corrected chi connectivity index (χ2v) is 7.55. The van der Waals surface area contributed by atoms with Gasteiger partial charge in [0.2, 0.25) is 0 Å². The minimum Gasteiger partial charge on any atom is -0.353 e. The summed E-state index contributed by atoms with van der Waals surface area (Å²) in [5.41, 5.74) is 2.61. The van der Waals surface area contributed by atoms with Crippen molar-refractivity contribution in [2.75, 3.05) is 0 Å². The van der Waals surface area contributed by atoms with Crippen molar-refractivity contribution < 1.29 is 13.2 Å². The Balaban J connectivity index is 1.59. The predicted molar refractivity (Wildman–Crippen MR) is 107 cm³/mol. The van der Waals surface area contributed by atoms with Gasteiger partial charge < -0.3 is 9.55 Å². The molecule has 3 heterocycles.